The second-order valence-electron chi connectivity index (χ2n) is 8.07. The van der Waals surface area contributed by atoms with E-state index >= 15 is 0 Å². The molecule has 3 heterocycles. The fourth-order valence-electron chi connectivity index (χ4n) is 3.59. The molecule has 10 heteroatoms. The Bertz CT molecular complexity index is 1220. The number of hydrogen-bond donors (Lipinski definition) is 2. The predicted molar refractivity (Wildman–Crippen MR) is 120 cm³/mol. The Hall–Kier alpha value is -2.72. The summed E-state index contributed by atoms with van der Waals surface area (Å²) in [6.45, 7) is 3.68. The molecule has 1 fully saturated rings. The summed E-state index contributed by atoms with van der Waals surface area (Å²) in [5.41, 5.74) is 1.24. The molecule has 2 amide bonds. The van der Waals surface area contributed by atoms with E-state index in [0.29, 0.717) is 12.0 Å². The van der Waals surface area contributed by atoms with Crippen LogP contribution in [0.4, 0.5) is 0 Å². The van der Waals surface area contributed by atoms with Gasteiger partial charge in [-0.25, -0.2) is 13.4 Å². The van der Waals surface area contributed by atoms with Gasteiger partial charge in [0.15, 0.2) is 15.0 Å². The highest BCUT2D eigenvalue weighted by Crippen LogP contribution is 2.26. The standard InChI is InChI=1S/C21H24N4O4S2/c1-13(2)18(20(27)22-15-7-10-31(28,29)12-15)24-19(26)14-5-6-16-17(11-14)30-21(23-16)25-8-3-4-9-25/h3-6,8-9,11,13,15,18H,7,10,12H2,1-2H3,(H,22,27)(H,24,26)/t15-,18+/m0/s1. The molecular formula is C21H24N4O4S2. The van der Waals surface area contributed by atoms with Crippen molar-refractivity contribution in [1.82, 2.24) is 20.2 Å². The summed E-state index contributed by atoms with van der Waals surface area (Å²) in [5.74, 6) is -0.848. The molecule has 0 aliphatic carbocycles. The average molecular weight is 461 g/mol. The summed E-state index contributed by atoms with van der Waals surface area (Å²) in [6.07, 6.45) is 4.22. The van der Waals surface area contributed by atoms with E-state index in [4.69, 9.17) is 0 Å². The van der Waals surface area contributed by atoms with Crippen molar-refractivity contribution < 1.29 is 18.0 Å². The van der Waals surface area contributed by atoms with E-state index in [2.05, 4.69) is 15.6 Å². The molecule has 1 saturated heterocycles. The van der Waals surface area contributed by atoms with Gasteiger partial charge < -0.3 is 15.2 Å². The summed E-state index contributed by atoms with van der Waals surface area (Å²) >= 11 is 1.47. The Balaban J connectivity index is 1.48. The maximum Gasteiger partial charge on any atom is 0.251 e. The number of amides is 2. The fraction of sp³-hybridized carbons (Fsp3) is 0.381. The van der Waals surface area contributed by atoms with Crippen LogP contribution in [0.25, 0.3) is 15.3 Å². The molecule has 2 atom stereocenters. The second-order valence-corrected chi connectivity index (χ2v) is 11.3. The van der Waals surface area contributed by atoms with Crippen LogP contribution in [0.15, 0.2) is 42.7 Å². The van der Waals surface area contributed by atoms with Crippen LogP contribution in [-0.2, 0) is 14.6 Å². The number of sulfone groups is 1. The van der Waals surface area contributed by atoms with Crippen LogP contribution < -0.4 is 10.6 Å². The monoisotopic (exact) mass is 460 g/mol. The lowest BCUT2D eigenvalue weighted by Crippen LogP contribution is -2.52. The molecule has 1 aromatic carbocycles. The molecule has 0 radical (unpaired) electrons. The number of nitrogens with one attached hydrogen (secondary N) is 2. The number of benzene rings is 1. The molecular weight excluding hydrogens is 436 g/mol. The summed E-state index contributed by atoms with van der Waals surface area (Å²) < 4.78 is 26.1. The van der Waals surface area contributed by atoms with E-state index in [9.17, 15) is 18.0 Å². The third-order valence-corrected chi connectivity index (χ3v) is 8.08. The number of thiazole rings is 1. The molecule has 8 nitrogen and oxygen atoms in total. The molecule has 0 saturated carbocycles. The van der Waals surface area contributed by atoms with Gasteiger partial charge in [-0.05, 0) is 42.7 Å². The molecule has 2 N–H and O–H groups in total. The van der Waals surface area contributed by atoms with E-state index in [0.717, 1.165) is 15.3 Å². The Morgan fingerprint density at radius 3 is 2.61 bits per heavy atom. The van der Waals surface area contributed by atoms with Crippen LogP contribution in [0.5, 0.6) is 0 Å². The molecule has 31 heavy (non-hydrogen) atoms. The van der Waals surface area contributed by atoms with Crippen molar-refractivity contribution in [3.63, 3.8) is 0 Å². The third kappa shape index (κ3) is 4.80. The number of carbonyl (C=O) groups excluding carboxylic acids is 2. The topological polar surface area (TPSA) is 110 Å². The lowest BCUT2D eigenvalue weighted by molar-refractivity contribution is -0.124. The Morgan fingerprint density at radius 2 is 1.97 bits per heavy atom. The van der Waals surface area contributed by atoms with E-state index in [1.807, 2.05) is 42.9 Å². The van der Waals surface area contributed by atoms with Gasteiger partial charge in [-0.1, -0.05) is 25.2 Å². The van der Waals surface area contributed by atoms with Gasteiger partial charge >= 0.3 is 0 Å². The van der Waals surface area contributed by atoms with Gasteiger partial charge in [0, 0.05) is 24.0 Å². The van der Waals surface area contributed by atoms with E-state index in [1.54, 1.807) is 18.2 Å². The number of nitrogens with zero attached hydrogens (tertiary/aromatic N) is 2. The zero-order valence-electron chi connectivity index (χ0n) is 17.2. The smallest absolute Gasteiger partial charge is 0.251 e. The first kappa shape index (κ1) is 21.5. The zero-order valence-corrected chi connectivity index (χ0v) is 18.9. The first-order chi connectivity index (χ1) is 14.7. The van der Waals surface area contributed by atoms with Crippen LogP contribution in [-0.4, -0.2) is 53.4 Å². The molecule has 2 aromatic heterocycles. The Labute approximate surface area is 184 Å². The Morgan fingerprint density at radius 1 is 1.23 bits per heavy atom. The minimum absolute atomic E-state index is 0.0523. The number of carbonyl (C=O) groups is 2. The maximum atomic E-state index is 12.9. The van der Waals surface area contributed by atoms with Crippen molar-refractivity contribution >= 4 is 43.2 Å². The van der Waals surface area contributed by atoms with Crippen LogP contribution >= 0.6 is 11.3 Å². The summed E-state index contributed by atoms with van der Waals surface area (Å²) in [4.78, 5) is 30.2. The third-order valence-electron chi connectivity index (χ3n) is 5.28. The van der Waals surface area contributed by atoms with Gasteiger partial charge in [0.25, 0.3) is 5.91 Å². The van der Waals surface area contributed by atoms with Crippen molar-refractivity contribution in [2.75, 3.05) is 11.5 Å². The van der Waals surface area contributed by atoms with Crippen molar-refractivity contribution in [2.45, 2.75) is 32.4 Å². The molecule has 1 aliphatic heterocycles. The van der Waals surface area contributed by atoms with Crippen molar-refractivity contribution in [3.05, 3.63) is 48.3 Å². The van der Waals surface area contributed by atoms with Gasteiger partial charge in [0.05, 0.1) is 21.7 Å². The first-order valence-corrected chi connectivity index (χ1v) is 12.7. The molecule has 164 valence electrons. The maximum absolute atomic E-state index is 12.9. The second kappa shape index (κ2) is 8.43. The zero-order chi connectivity index (χ0) is 22.2. The lowest BCUT2D eigenvalue weighted by Gasteiger charge is -2.23. The summed E-state index contributed by atoms with van der Waals surface area (Å²) in [7, 11) is -3.10. The molecule has 3 aromatic rings. The number of aromatic nitrogens is 2. The molecule has 0 unspecified atom stereocenters. The van der Waals surface area contributed by atoms with Gasteiger partial charge in [0.2, 0.25) is 5.91 Å². The largest absolute Gasteiger partial charge is 0.351 e. The molecule has 4 rings (SSSR count). The van der Waals surface area contributed by atoms with E-state index in [1.165, 1.54) is 11.3 Å². The highest BCUT2D eigenvalue weighted by Gasteiger charge is 2.32. The van der Waals surface area contributed by atoms with Crippen LogP contribution in [0, 0.1) is 5.92 Å². The van der Waals surface area contributed by atoms with Gasteiger partial charge in [-0.2, -0.15) is 0 Å². The highest BCUT2D eigenvalue weighted by atomic mass is 32.2. The van der Waals surface area contributed by atoms with Crippen molar-refractivity contribution in [3.8, 4) is 5.13 Å². The van der Waals surface area contributed by atoms with Crippen LogP contribution in [0.2, 0.25) is 0 Å². The van der Waals surface area contributed by atoms with Crippen molar-refractivity contribution in [1.29, 1.82) is 0 Å². The highest BCUT2D eigenvalue weighted by molar-refractivity contribution is 7.91. The summed E-state index contributed by atoms with van der Waals surface area (Å²) in [5, 5.41) is 6.39. The summed E-state index contributed by atoms with van der Waals surface area (Å²) in [6, 6.07) is 7.93. The molecule has 0 spiro atoms. The van der Waals surface area contributed by atoms with Gasteiger partial charge in [-0.3, -0.25) is 9.59 Å². The quantitative estimate of drug-likeness (QED) is 0.586. The number of hydrogen-bond acceptors (Lipinski definition) is 6. The molecule has 1 aliphatic rings. The van der Waals surface area contributed by atoms with Crippen LogP contribution in [0.3, 0.4) is 0 Å². The normalized spacial score (nSPS) is 18.9. The average Bonchev–Trinajstić information content (AvgIpc) is 3.44. The molecule has 0 bridgehead atoms. The number of fused-ring (bicyclic) bond motifs is 1. The van der Waals surface area contributed by atoms with E-state index < -0.39 is 21.9 Å². The lowest BCUT2D eigenvalue weighted by atomic mass is 10.0. The van der Waals surface area contributed by atoms with Gasteiger partial charge in [-0.15, -0.1) is 0 Å². The fourth-order valence-corrected chi connectivity index (χ4v) is 6.23. The van der Waals surface area contributed by atoms with Crippen LogP contribution in [0.1, 0.15) is 30.6 Å². The minimum atomic E-state index is -3.10. The van der Waals surface area contributed by atoms with Crippen molar-refractivity contribution in [2.24, 2.45) is 5.92 Å². The number of rotatable bonds is 6. The Kier molecular flexibility index (Phi) is 5.85. The van der Waals surface area contributed by atoms with E-state index in [-0.39, 0.29) is 29.2 Å². The SMILES string of the molecule is CC(C)[C@@H](NC(=O)c1ccc2nc(-n3cccc3)sc2c1)C(=O)N[C@H]1CCS(=O)(=O)C1. The predicted octanol–water partition coefficient (Wildman–Crippen LogP) is 2.14. The first-order valence-electron chi connectivity index (χ1n) is 10.1. The minimum Gasteiger partial charge on any atom is -0.351 e. The van der Waals surface area contributed by atoms with Gasteiger partial charge in [0.1, 0.15) is 6.04 Å².